The van der Waals surface area contributed by atoms with E-state index in [0.717, 1.165) is 43.0 Å². The summed E-state index contributed by atoms with van der Waals surface area (Å²) >= 11 is 0. The molecule has 4 rings (SSSR count). The molecule has 1 saturated carbocycles. The predicted molar refractivity (Wildman–Crippen MR) is 112 cm³/mol. The Labute approximate surface area is 177 Å². The molecular formula is C22H31N5O3. The number of piperazine rings is 1. The summed E-state index contributed by atoms with van der Waals surface area (Å²) in [7, 11) is 0. The Balaban J connectivity index is 1.36. The van der Waals surface area contributed by atoms with Gasteiger partial charge >= 0.3 is 0 Å². The van der Waals surface area contributed by atoms with Crippen molar-refractivity contribution < 1.29 is 14.4 Å². The zero-order chi connectivity index (χ0) is 21.4. The van der Waals surface area contributed by atoms with E-state index in [1.54, 1.807) is 4.90 Å². The number of amides is 3. The molecule has 1 aliphatic carbocycles. The monoisotopic (exact) mass is 413 g/mol. The molecule has 8 nitrogen and oxygen atoms in total. The second kappa shape index (κ2) is 8.32. The average Bonchev–Trinajstić information content (AvgIpc) is 2.98. The summed E-state index contributed by atoms with van der Waals surface area (Å²) in [6.07, 6.45) is 3.53. The Hall–Kier alpha value is -2.51. The van der Waals surface area contributed by atoms with Crippen LogP contribution < -0.4 is 4.90 Å². The summed E-state index contributed by atoms with van der Waals surface area (Å²) < 4.78 is 0. The normalized spacial score (nSPS) is 24.6. The number of anilines is 1. The van der Waals surface area contributed by atoms with E-state index in [-0.39, 0.29) is 42.0 Å². The third-order valence-corrected chi connectivity index (χ3v) is 6.56. The minimum Gasteiger partial charge on any atom is -0.353 e. The molecule has 2 saturated heterocycles. The molecule has 0 N–H and O–H groups in total. The number of hydrogen-bond donors (Lipinski definition) is 0. The van der Waals surface area contributed by atoms with Crippen molar-refractivity contribution in [3.05, 3.63) is 17.6 Å². The van der Waals surface area contributed by atoms with Crippen molar-refractivity contribution in [2.24, 2.45) is 11.8 Å². The third-order valence-electron chi connectivity index (χ3n) is 6.56. The number of rotatable bonds is 4. The van der Waals surface area contributed by atoms with Crippen molar-refractivity contribution in [2.75, 3.05) is 37.6 Å². The van der Waals surface area contributed by atoms with Gasteiger partial charge in [-0.05, 0) is 19.8 Å². The van der Waals surface area contributed by atoms with Crippen LogP contribution in [-0.4, -0.2) is 70.2 Å². The Bertz CT molecular complexity index is 823. The van der Waals surface area contributed by atoms with Crippen LogP contribution in [0.3, 0.4) is 0 Å². The van der Waals surface area contributed by atoms with Crippen LogP contribution in [0.4, 0.5) is 5.82 Å². The fourth-order valence-electron chi connectivity index (χ4n) is 4.80. The zero-order valence-electron chi connectivity index (χ0n) is 18.1. The molecule has 3 aliphatic rings. The van der Waals surface area contributed by atoms with Crippen molar-refractivity contribution >= 4 is 23.5 Å². The Morgan fingerprint density at radius 1 is 1.03 bits per heavy atom. The van der Waals surface area contributed by atoms with Gasteiger partial charge in [0.1, 0.15) is 18.2 Å². The van der Waals surface area contributed by atoms with Crippen LogP contribution in [0.2, 0.25) is 0 Å². The fraction of sp³-hybridized carbons (Fsp3) is 0.682. The third kappa shape index (κ3) is 3.91. The summed E-state index contributed by atoms with van der Waals surface area (Å²) in [4.78, 5) is 52.4. The van der Waals surface area contributed by atoms with E-state index >= 15 is 0 Å². The van der Waals surface area contributed by atoms with Crippen molar-refractivity contribution in [3.8, 4) is 0 Å². The van der Waals surface area contributed by atoms with Gasteiger partial charge in [-0.15, -0.1) is 0 Å². The Morgan fingerprint density at radius 3 is 2.20 bits per heavy atom. The smallest absolute Gasteiger partial charge is 0.242 e. The molecule has 0 bridgehead atoms. The van der Waals surface area contributed by atoms with Crippen molar-refractivity contribution in [1.29, 1.82) is 0 Å². The lowest BCUT2D eigenvalue weighted by Crippen LogP contribution is -2.52. The van der Waals surface area contributed by atoms with E-state index < -0.39 is 0 Å². The molecule has 0 aromatic carbocycles. The quantitative estimate of drug-likeness (QED) is 0.699. The molecule has 3 fully saturated rings. The molecular weight excluding hydrogens is 382 g/mol. The largest absolute Gasteiger partial charge is 0.353 e. The van der Waals surface area contributed by atoms with E-state index in [9.17, 15) is 14.4 Å². The van der Waals surface area contributed by atoms with Crippen LogP contribution in [0.15, 0.2) is 6.07 Å². The molecule has 8 heteroatoms. The first-order valence-corrected chi connectivity index (χ1v) is 11.1. The highest BCUT2D eigenvalue weighted by Gasteiger charge is 2.48. The standard InChI is InChI=1S/C22H31N5O3/c1-14(2)20-23-15(3)12-18(24-20)25-8-10-26(11-9-25)19(28)13-27-21(29)16-6-4-5-7-17(16)22(27)30/h12,14,16-17H,4-11,13H2,1-3H3. The lowest BCUT2D eigenvalue weighted by Gasteiger charge is -2.36. The van der Waals surface area contributed by atoms with Crippen LogP contribution in [0, 0.1) is 18.8 Å². The molecule has 2 aliphatic heterocycles. The Morgan fingerprint density at radius 2 is 1.63 bits per heavy atom. The molecule has 3 amide bonds. The summed E-state index contributed by atoms with van der Waals surface area (Å²) in [5, 5.41) is 0. The van der Waals surface area contributed by atoms with Gasteiger partial charge in [-0.2, -0.15) is 0 Å². The number of likely N-dealkylation sites (tertiary alicyclic amines) is 1. The molecule has 2 unspecified atom stereocenters. The van der Waals surface area contributed by atoms with E-state index in [1.165, 1.54) is 4.90 Å². The van der Waals surface area contributed by atoms with Crippen LogP contribution in [0.1, 0.15) is 57.0 Å². The molecule has 1 aromatic rings. The van der Waals surface area contributed by atoms with Crippen molar-refractivity contribution in [3.63, 3.8) is 0 Å². The van der Waals surface area contributed by atoms with Gasteiger partial charge in [0.05, 0.1) is 11.8 Å². The molecule has 30 heavy (non-hydrogen) atoms. The summed E-state index contributed by atoms with van der Waals surface area (Å²) in [5.74, 6) is 1.15. The number of carbonyl (C=O) groups is 3. The van der Waals surface area contributed by atoms with Gasteiger partial charge in [0.15, 0.2) is 0 Å². The fourth-order valence-corrected chi connectivity index (χ4v) is 4.80. The second-order valence-corrected chi connectivity index (χ2v) is 9.01. The number of carbonyl (C=O) groups excluding carboxylic acids is 3. The number of imide groups is 1. The highest BCUT2D eigenvalue weighted by Crippen LogP contribution is 2.37. The zero-order valence-corrected chi connectivity index (χ0v) is 18.1. The van der Waals surface area contributed by atoms with Gasteiger partial charge in [-0.25, -0.2) is 9.97 Å². The van der Waals surface area contributed by atoms with Crippen LogP contribution in [0.25, 0.3) is 0 Å². The van der Waals surface area contributed by atoms with Crippen molar-refractivity contribution in [2.45, 2.75) is 52.4 Å². The number of aromatic nitrogens is 2. The van der Waals surface area contributed by atoms with E-state index in [4.69, 9.17) is 0 Å². The first kappa shape index (κ1) is 20.8. The first-order chi connectivity index (χ1) is 14.3. The van der Waals surface area contributed by atoms with Gasteiger partial charge in [0.2, 0.25) is 17.7 Å². The van der Waals surface area contributed by atoms with E-state index in [1.807, 2.05) is 13.0 Å². The molecule has 2 atom stereocenters. The summed E-state index contributed by atoms with van der Waals surface area (Å²) in [6, 6.07) is 1.98. The van der Waals surface area contributed by atoms with Gasteiger partial charge < -0.3 is 9.80 Å². The molecule has 0 radical (unpaired) electrons. The van der Waals surface area contributed by atoms with Crippen LogP contribution in [0.5, 0.6) is 0 Å². The topological polar surface area (TPSA) is 86.7 Å². The van der Waals surface area contributed by atoms with Crippen molar-refractivity contribution in [1.82, 2.24) is 19.8 Å². The van der Waals surface area contributed by atoms with Gasteiger partial charge in [0.25, 0.3) is 0 Å². The second-order valence-electron chi connectivity index (χ2n) is 9.01. The van der Waals surface area contributed by atoms with Gasteiger partial charge in [-0.1, -0.05) is 26.7 Å². The van der Waals surface area contributed by atoms with E-state index in [0.29, 0.717) is 26.2 Å². The lowest BCUT2D eigenvalue weighted by atomic mass is 9.81. The Kier molecular flexibility index (Phi) is 5.75. The van der Waals surface area contributed by atoms with Gasteiger partial charge in [0, 0.05) is 43.9 Å². The predicted octanol–water partition coefficient (Wildman–Crippen LogP) is 1.73. The number of fused-ring (bicyclic) bond motifs is 1. The number of nitrogens with zero attached hydrogens (tertiary/aromatic N) is 5. The summed E-state index contributed by atoms with van der Waals surface area (Å²) in [5.41, 5.74) is 0.940. The van der Waals surface area contributed by atoms with Gasteiger partial charge in [-0.3, -0.25) is 19.3 Å². The number of aryl methyl sites for hydroxylation is 1. The first-order valence-electron chi connectivity index (χ1n) is 11.1. The summed E-state index contributed by atoms with van der Waals surface area (Å²) in [6.45, 7) is 8.47. The highest BCUT2D eigenvalue weighted by molar-refractivity contribution is 6.07. The molecule has 0 spiro atoms. The highest BCUT2D eigenvalue weighted by atomic mass is 16.2. The van der Waals surface area contributed by atoms with E-state index in [2.05, 4.69) is 28.7 Å². The van der Waals surface area contributed by atoms with Crippen LogP contribution >= 0.6 is 0 Å². The number of hydrogen-bond acceptors (Lipinski definition) is 6. The molecule has 162 valence electrons. The minimum atomic E-state index is -0.202. The minimum absolute atomic E-state index is 0.116. The maximum absolute atomic E-state index is 12.8. The SMILES string of the molecule is Cc1cc(N2CCN(C(=O)CN3C(=O)C4CCCCC4C3=O)CC2)nc(C(C)C)n1. The van der Waals surface area contributed by atoms with Crippen LogP contribution in [-0.2, 0) is 14.4 Å². The maximum Gasteiger partial charge on any atom is 0.242 e. The average molecular weight is 414 g/mol. The maximum atomic E-state index is 12.8. The molecule has 3 heterocycles. The molecule has 1 aromatic heterocycles. The lowest BCUT2D eigenvalue weighted by molar-refractivity contribution is -0.146.